The number of nitrogen functional groups attached to an aromatic ring is 1. The molecule has 33 heavy (non-hydrogen) atoms. The van der Waals surface area contributed by atoms with Gasteiger partial charge < -0.3 is 30.7 Å². The summed E-state index contributed by atoms with van der Waals surface area (Å²) in [4.78, 5) is 11.4. The third-order valence-corrected chi connectivity index (χ3v) is 4.94. The van der Waals surface area contributed by atoms with E-state index < -0.39 is 12.1 Å². The molecule has 0 aromatic heterocycles. The minimum atomic E-state index is -1.02. The summed E-state index contributed by atoms with van der Waals surface area (Å²) in [7, 11) is 0. The molecule has 0 fully saturated rings. The Morgan fingerprint density at radius 1 is 1.03 bits per heavy atom. The number of rotatable bonds is 11. The van der Waals surface area contributed by atoms with Gasteiger partial charge in [-0.25, -0.2) is 4.79 Å². The number of benzene rings is 3. The van der Waals surface area contributed by atoms with Crippen LogP contribution < -0.4 is 20.5 Å². The van der Waals surface area contributed by atoms with Crippen molar-refractivity contribution in [1.29, 1.82) is 0 Å². The van der Waals surface area contributed by atoms with Crippen LogP contribution in [-0.2, 0) is 0 Å². The van der Waals surface area contributed by atoms with E-state index in [0.717, 1.165) is 22.4 Å². The van der Waals surface area contributed by atoms with Crippen molar-refractivity contribution < 1.29 is 24.5 Å². The van der Waals surface area contributed by atoms with Crippen LogP contribution in [0.2, 0.25) is 0 Å². The van der Waals surface area contributed by atoms with Gasteiger partial charge in [0.15, 0.2) is 0 Å². The highest BCUT2D eigenvalue weighted by Gasteiger charge is 2.14. The smallest absolute Gasteiger partial charge is 0.339 e. The van der Waals surface area contributed by atoms with Crippen molar-refractivity contribution >= 4 is 11.7 Å². The molecule has 7 nitrogen and oxygen atoms in total. The molecule has 0 heterocycles. The monoisotopic (exact) mass is 450 g/mol. The minimum absolute atomic E-state index is 0.130. The van der Waals surface area contributed by atoms with Crippen LogP contribution >= 0.6 is 0 Å². The Balaban J connectivity index is 1.51. The average molecular weight is 451 g/mol. The summed E-state index contributed by atoms with van der Waals surface area (Å²) >= 11 is 0. The summed E-state index contributed by atoms with van der Waals surface area (Å²) in [5.74, 6) is 0.0505. The Hall–Kier alpha value is -3.55. The number of nitrogens with one attached hydrogen (secondary N) is 1. The van der Waals surface area contributed by atoms with Crippen molar-refractivity contribution in [2.75, 3.05) is 25.4 Å². The van der Waals surface area contributed by atoms with Crippen LogP contribution in [-0.4, -0.2) is 42.0 Å². The zero-order chi connectivity index (χ0) is 23.8. The van der Waals surface area contributed by atoms with Gasteiger partial charge in [-0.2, -0.15) is 0 Å². The molecule has 0 bridgehead atoms. The van der Waals surface area contributed by atoms with E-state index in [4.69, 9.17) is 15.2 Å². The number of hydrogen-bond donors (Lipinski definition) is 4. The van der Waals surface area contributed by atoms with Gasteiger partial charge in [-0.15, -0.1) is 0 Å². The lowest BCUT2D eigenvalue weighted by Crippen LogP contribution is -2.26. The van der Waals surface area contributed by atoms with Gasteiger partial charge in [-0.05, 0) is 66.9 Å². The minimum Gasteiger partial charge on any atom is -0.492 e. The number of nitrogens with two attached hydrogens (primary N) is 1. The van der Waals surface area contributed by atoms with Crippen LogP contribution in [0.5, 0.6) is 11.5 Å². The zero-order valence-electron chi connectivity index (χ0n) is 18.8. The molecule has 0 aliphatic rings. The molecule has 0 aliphatic carbocycles. The van der Waals surface area contributed by atoms with E-state index in [9.17, 15) is 15.0 Å². The molecule has 5 N–H and O–H groups in total. The van der Waals surface area contributed by atoms with Gasteiger partial charge in [0.2, 0.25) is 0 Å². The number of aliphatic hydroxyl groups excluding tert-OH is 1. The molecular formula is C26H30N2O5. The Labute approximate surface area is 193 Å². The molecule has 0 saturated carbocycles. The van der Waals surface area contributed by atoms with E-state index in [0.29, 0.717) is 31.1 Å². The molecule has 0 aliphatic heterocycles. The number of anilines is 1. The topological polar surface area (TPSA) is 114 Å². The van der Waals surface area contributed by atoms with Gasteiger partial charge in [-0.1, -0.05) is 30.3 Å². The summed E-state index contributed by atoms with van der Waals surface area (Å²) in [6.07, 6.45) is -0.764. The number of aromatic carboxylic acids is 1. The quantitative estimate of drug-likeness (QED) is 0.257. The lowest BCUT2D eigenvalue weighted by atomic mass is 10.0. The lowest BCUT2D eigenvalue weighted by molar-refractivity contribution is 0.0690. The third kappa shape index (κ3) is 6.97. The summed E-state index contributed by atoms with van der Waals surface area (Å²) in [6.45, 7) is 5.14. The van der Waals surface area contributed by atoms with Crippen LogP contribution in [0.15, 0.2) is 66.7 Å². The first-order valence-electron chi connectivity index (χ1n) is 10.8. The zero-order valence-corrected chi connectivity index (χ0v) is 18.8. The van der Waals surface area contributed by atoms with Gasteiger partial charge in [0.05, 0.1) is 12.2 Å². The van der Waals surface area contributed by atoms with E-state index in [1.54, 1.807) is 30.3 Å². The predicted molar refractivity (Wildman–Crippen MR) is 129 cm³/mol. The lowest BCUT2D eigenvalue weighted by Gasteiger charge is -2.14. The summed E-state index contributed by atoms with van der Waals surface area (Å²) in [5, 5.41) is 22.8. The van der Waals surface area contributed by atoms with E-state index in [-0.39, 0.29) is 11.7 Å². The highest BCUT2D eigenvalue weighted by molar-refractivity contribution is 5.92. The predicted octanol–water partition coefficient (Wildman–Crippen LogP) is 4.12. The first kappa shape index (κ1) is 24.1. The largest absolute Gasteiger partial charge is 0.492 e. The van der Waals surface area contributed by atoms with E-state index in [1.165, 1.54) is 0 Å². The summed E-state index contributed by atoms with van der Waals surface area (Å²) < 4.78 is 11.4. The number of carboxylic acids is 1. The Bertz CT molecular complexity index is 1070. The highest BCUT2D eigenvalue weighted by atomic mass is 16.5. The number of carboxylic acid groups (broad SMARTS) is 1. The number of aliphatic hydroxyl groups is 1. The molecule has 3 aromatic carbocycles. The van der Waals surface area contributed by atoms with E-state index in [2.05, 4.69) is 5.32 Å². The van der Waals surface area contributed by atoms with Crippen molar-refractivity contribution in [2.24, 2.45) is 0 Å². The average Bonchev–Trinajstić information content (AvgIpc) is 2.78. The molecule has 0 spiro atoms. The second-order valence-electron chi connectivity index (χ2n) is 7.95. The van der Waals surface area contributed by atoms with Crippen LogP contribution in [0.1, 0.15) is 35.9 Å². The van der Waals surface area contributed by atoms with E-state index in [1.807, 2.05) is 50.2 Å². The van der Waals surface area contributed by atoms with Crippen molar-refractivity contribution in [2.45, 2.75) is 26.1 Å². The van der Waals surface area contributed by atoms with Gasteiger partial charge >= 0.3 is 5.97 Å². The maximum atomic E-state index is 11.4. The van der Waals surface area contributed by atoms with Gasteiger partial charge in [0.25, 0.3) is 0 Å². The molecule has 0 radical (unpaired) electrons. The van der Waals surface area contributed by atoms with Gasteiger partial charge in [0, 0.05) is 18.8 Å². The second kappa shape index (κ2) is 11.4. The van der Waals surface area contributed by atoms with Crippen LogP contribution in [0, 0.1) is 0 Å². The highest BCUT2D eigenvalue weighted by Crippen LogP contribution is 2.29. The summed E-state index contributed by atoms with van der Waals surface area (Å²) in [6, 6.07) is 19.8. The normalized spacial score (nSPS) is 11.9. The van der Waals surface area contributed by atoms with Gasteiger partial charge in [0.1, 0.15) is 23.7 Å². The fraction of sp³-hybridized carbons (Fsp3) is 0.269. The van der Waals surface area contributed by atoms with Crippen molar-refractivity contribution in [3.05, 3.63) is 77.9 Å². The fourth-order valence-corrected chi connectivity index (χ4v) is 3.34. The fourth-order valence-electron chi connectivity index (χ4n) is 3.34. The summed E-state index contributed by atoms with van der Waals surface area (Å²) in [5.41, 5.74) is 9.08. The van der Waals surface area contributed by atoms with Crippen molar-refractivity contribution in [1.82, 2.24) is 5.32 Å². The molecular weight excluding hydrogens is 420 g/mol. The van der Waals surface area contributed by atoms with Crippen molar-refractivity contribution in [3.63, 3.8) is 0 Å². The number of hydrogen-bond acceptors (Lipinski definition) is 6. The Morgan fingerprint density at radius 3 is 2.42 bits per heavy atom. The van der Waals surface area contributed by atoms with Gasteiger partial charge in [-0.3, -0.25) is 0 Å². The second-order valence-corrected chi connectivity index (χ2v) is 7.95. The first-order chi connectivity index (χ1) is 15.8. The standard InChI is InChI=1S/C26H30N2O5/c1-17(2)33-25-15-19(8-11-23(25)26(30)31)18-6-9-22(10-7-18)32-13-12-28-16-24(29)20-4-3-5-21(27)14-20/h3-11,14-15,17,24,28-29H,12-13,16,27H2,1-2H3,(H,30,31)/t24-/m1/s1. The molecule has 3 aromatic rings. The SMILES string of the molecule is CC(C)Oc1cc(-c2ccc(OCCNC[C@@H](O)c3cccc(N)c3)cc2)ccc1C(=O)O. The molecule has 0 unspecified atom stereocenters. The number of carbonyl (C=O) groups is 1. The molecule has 7 heteroatoms. The Morgan fingerprint density at radius 2 is 1.76 bits per heavy atom. The van der Waals surface area contributed by atoms with Crippen LogP contribution in [0.4, 0.5) is 5.69 Å². The number of ether oxygens (including phenoxy) is 2. The maximum absolute atomic E-state index is 11.4. The molecule has 0 amide bonds. The van der Waals surface area contributed by atoms with Crippen LogP contribution in [0.25, 0.3) is 11.1 Å². The Kier molecular flexibility index (Phi) is 8.29. The van der Waals surface area contributed by atoms with Crippen molar-refractivity contribution in [3.8, 4) is 22.6 Å². The molecule has 1 atom stereocenters. The molecule has 174 valence electrons. The maximum Gasteiger partial charge on any atom is 0.339 e. The molecule has 3 rings (SSSR count). The first-order valence-corrected chi connectivity index (χ1v) is 10.8. The van der Waals surface area contributed by atoms with E-state index >= 15 is 0 Å². The van der Waals surface area contributed by atoms with Crippen LogP contribution in [0.3, 0.4) is 0 Å². The third-order valence-electron chi connectivity index (χ3n) is 4.94. The molecule has 0 saturated heterocycles.